The smallest absolute Gasteiger partial charge is 0.325 e. The molecule has 21 heavy (non-hydrogen) atoms. The van der Waals surface area contributed by atoms with Crippen LogP contribution in [0.25, 0.3) is 0 Å². The SMILES string of the molecule is CCOC(=O)C1(C(=O)OCC)CC(=O)N(C)CC1N(C)C. The van der Waals surface area contributed by atoms with E-state index in [4.69, 9.17) is 9.47 Å². The third-order valence-electron chi connectivity index (χ3n) is 3.77. The fourth-order valence-corrected chi connectivity index (χ4v) is 2.63. The molecule has 1 aliphatic heterocycles. The Morgan fingerprint density at radius 1 is 1.24 bits per heavy atom. The number of carbonyl (C=O) groups is 3. The van der Waals surface area contributed by atoms with E-state index in [9.17, 15) is 14.4 Å². The van der Waals surface area contributed by atoms with Gasteiger partial charge in [-0.2, -0.15) is 0 Å². The van der Waals surface area contributed by atoms with Gasteiger partial charge >= 0.3 is 11.9 Å². The quantitative estimate of drug-likeness (QED) is 0.521. The summed E-state index contributed by atoms with van der Waals surface area (Å²) in [5.74, 6) is -1.65. The van der Waals surface area contributed by atoms with E-state index in [1.54, 1.807) is 39.9 Å². The molecule has 7 heteroatoms. The second kappa shape index (κ2) is 6.89. The summed E-state index contributed by atoms with van der Waals surface area (Å²) in [6, 6.07) is -0.488. The molecule has 120 valence electrons. The Bertz CT molecular complexity index is 404. The average molecular weight is 300 g/mol. The minimum Gasteiger partial charge on any atom is -0.465 e. The van der Waals surface area contributed by atoms with Crippen molar-refractivity contribution >= 4 is 17.8 Å². The number of esters is 2. The van der Waals surface area contributed by atoms with E-state index < -0.39 is 23.4 Å². The second-order valence-corrected chi connectivity index (χ2v) is 5.34. The number of hydrogen-bond donors (Lipinski definition) is 0. The zero-order valence-electron chi connectivity index (χ0n) is 13.3. The van der Waals surface area contributed by atoms with Crippen LogP contribution in [0.3, 0.4) is 0 Å². The third kappa shape index (κ3) is 3.18. The molecule has 1 heterocycles. The number of likely N-dealkylation sites (tertiary alicyclic amines) is 1. The number of amides is 1. The van der Waals surface area contributed by atoms with E-state index in [1.165, 1.54) is 4.90 Å². The molecule has 1 rings (SSSR count). The van der Waals surface area contributed by atoms with E-state index >= 15 is 0 Å². The number of likely N-dealkylation sites (N-methyl/N-ethyl adjacent to an activating group) is 2. The Labute approximate surface area is 125 Å². The fraction of sp³-hybridized carbons (Fsp3) is 0.786. The van der Waals surface area contributed by atoms with Crippen LogP contribution in [0, 0.1) is 5.41 Å². The molecule has 1 fully saturated rings. The highest BCUT2D eigenvalue weighted by Crippen LogP contribution is 2.37. The summed E-state index contributed by atoms with van der Waals surface area (Å²) in [6.07, 6.45) is -0.232. The van der Waals surface area contributed by atoms with Crippen molar-refractivity contribution in [3.05, 3.63) is 0 Å². The largest absolute Gasteiger partial charge is 0.465 e. The molecule has 0 radical (unpaired) electrons. The summed E-state index contributed by atoms with van der Waals surface area (Å²) in [7, 11) is 5.18. The lowest BCUT2D eigenvalue weighted by molar-refractivity contribution is -0.185. The molecule has 1 saturated heterocycles. The molecular formula is C14H24N2O5. The normalized spacial score (nSPS) is 21.3. The lowest BCUT2D eigenvalue weighted by Gasteiger charge is -2.45. The highest BCUT2D eigenvalue weighted by atomic mass is 16.6. The molecule has 0 saturated carbocycles. The Hall–Kier alpha value is -1.63. The molecule has 0 aliphatic carbocycles. The van der Waals surface area contributed by atoms with Crippen molar-refractivity contribution in [1.82, 2.24) is 9.80 Å². The monoisotopic (exact) mass is 300 g/mol. The highest BCUT2D eigenvalue weighted by Gasteiger charge is 2.60. The predicted octanol–water partition coefficient (Wildman–Crippen LogP) is -0.109. The molecule has 0 N–H and O–H groups in total. The standard InChI is InChI=1S/C14H24N2O5/c1-6-20-12(18)14(13(19)21-7-2)8-11(17)16(5)9-10(14)15(3)4/h10H,6-9H2,1-5H3. The summed E-state index contributed by atoms with van der Waals surface area (Å²) in [5, 5.41) is 0. The van der Waals surface area contributed by atoms with Gasteiger partial charge in [0.25, 0.3) is 0 Å². The van der Waals surface area contributed by atoms with Crippen molar-refractivity contribution in [3.8, 4) is 0 Å². The van der Waals surface area contributed by atoms with Gasteiger partial charge in [-0.05, 0) is 27.9 Å². The van der Waals surface area contributed by atoms with Crippen LogP contribution in [-0.4, -0.2) is 74.6 Å². The van der Waals surface area contributed by atoms with Crippen LogP contribution in [-0.2, 0) is 23.9 Å². The Kier molecular flexibility index (Phi) is 5.71. The summed E-state index contributed by atoms with van der Waals surface area (Å²) >= 11 is 0. The van der Waals surface area contributed by atoms with Gasteiger partial charge in [0.2, 0.25) is 5.91 Å². The lowest BCUT2D eigenvalue weighted by atomic mass is 9.73. The minimum atomic E-state index is -1.60. The first-order chi connectivity index (χ1) is 9.81. The number of hydrogen-bond acceptors (Lipinski definition) is 6. The summed E-state index contributed by atoms with van der Waals surface area (Å²) in [4.78, 5) is 40.3. The molecule has 1 unspecified atom stereocenters. The van der Waals surface area contributed by atoms with Gasteiger partial charge in [-0.25, -0.2) is 0 Å². The third-order valence-corrected chi connectivity index (χ3v) is 3.77. The Balaban J connectivity index is 3.31. The van der Waals surface area contributed by atoms with Crippen molar-refractivity contribution in [2.24, 2.45) is 5.41 Å². The summed E-state index contributed by atoms with van der Waals surface area (Å²) < 4.78 is 10.2. The van der Waals surface area contributed by atoms with Crippen LogP contribution < -0.4 is 0 Å². The van der Waals surface area contributed by atoms with E-state index in [1.807, 2.05) is 0 Å². The van der Waals surface area contributed by atoms with Crippen molar-refractivity contribution in [2.45, 2.75) is 26.3 Å². The van der Waals surface area contributed by atoms with Crippen molar-refractivity contribution in [3.63, 3.8) is 0 Å². The van der Waals surface area contributed by atoms with Gasteiger partial charge in [-0.1, -0.05) is 0 Å². The topological polar surface area (TPSA) is 76.2 Å². The van der Waals surface area contributed by atoms with E-state index in [0.717, 1.165) is 0 Å². The predicted molar refractivity (Wildman–Crippen MR) is 75.4 cm³/mol. The maximum atomic E-state index is 12.5. The molecule has 7 nitrogen and oxygen atoms in total. The zero-order valence-corrected chi connectivity index (χ0v) is 13.3. The maximum Gasteiger partial charge on any atom is 0.325 e. The molecule has 0 aromatic carbocycles. The second-order valence-electron chi connectivity index (χ2n) is 5.34. The number of ether oxygens (including phenoxy) is 2. The molecule has 1 aliphatic rings. The average Bonchev–Trinajstić information content (AvgIpc) is 2.41. The number of rotatable bonds is 5. The van der Waals surface area contributed by atoms with E-state index in [0.29, 0.717) is 0 Å². The molecule has 0 aromatic rings. The van der Waals surface area contributed by atoms with E-state index in [2.05, 4.69) is 0 Å². The van der Waals surface area contributed by atoms with Crippen LogP contribution in [0.1, 0.15) is 20.3 Å². The first kappa shape index (κ1) is 17.4. The van der Waals surface area contributed by atoms with Crippen LogP contribution in [0.4, 0.5) is 0 Å². The van der Waals surface area contributed by atoms with Gasteiger partial charge in [0.05, 0.1) is 25.7 Å². The molecule has 0 aromatic heterocycles. The highest BCUT2D eigenvalue weighted by molar-refractivity contribution is 6.05. The number of nitrogens with zero attached hydrogens (tertiary/aromatic N) is 2. The van der Waals surface area contributed by atoms with Crippen LogP contribution in [0.2, 0.25) is 0 Å². The molecule has 1 amide bonds. The summed E-state index contributed by atoms with van der Waals surface area (Å²) in [6.45, 7) is 3.88. The van der Waals surface area contributed by atoms with Crippen LogP contribution in [0.15, 0.2) is 0 Å². The number of carbonyl (C=O) groups excluding carboxylic acids is 3. The molecule has 0 bridgehead atoms. The maximum absolute atomic E-state index is 12.5. The van der Waals surface area contributed by atoms with Gasteiger partial charge in [0.15, 0.2) is 5.41 Å². The minimum absolute atomic E-state index is 0.143. The molecule has 0 spiro atoms. The van der Waals surface area contributed by atoms with Crippen LogP contribution in [0.5, 0.6) is 0 Å². The van der Waals surface area contributed by atoms with Gasteiger partial charge in [-0.3, -0.25) is 14.4 Å². The Morgan fingerprint density at radius 3 is 2.10 bits per heavy atom. The molecule has 1 atom stereocenters. The van der Waals surface area contributed by atoms with Crippen LogP contribution >= 0.6 is 0 Å². The van der Waals surface area contributed by atoms with Gasteiger partial charge in [0.1, 0.15) is 0 Å². The van der Waals surface area contributed by atoms with Crippen molar-refractivity contribution in [2.75, 3.05) is 40.9 Å². The van der Waals surface area contributed by atoms with Crippen molar-refractivity contribution in [1.29, 1.82) is 0 Å². The van der Waals surface area contributed by atoms with Gasteiger partial charge in [0, 0.05) is 13.6 Å². The lowest BCUT2D eigenvalue weighted by Crippen LogP contribution is -2.64. The first-order valence-corrected chi connectivity index (χ1v) is 7.06. The number of piperidine rings is 1. The molecular weight excluding hydrogens is 276 g/mol. The van der Waals surface area contributed by atoms with Gasteiger partial charge in [-0.15, -0.1) is 0 Å². The fourth-order valence-electron chi connectivity index (χ4n) is 2.63. The first-order valence-electron chi connectivity index (χ1n) is 7.06. The van der Waals surface area contributed by atoms with Gasteiger partial charge < -0.3 is 19.3 Å². The zero-order chi connectivity index (χ0) is 16.2. The summed E-state index contributed by atoms with van der Waals surface area (Å²) in [5.41, 5.74) is -1.60. The Morgan fingerprint density at radius 2 is 1.71 bits per heavy atom. The van der Waals surface area contributed by atoms with Crippen molar-refractivity contribution < 1.29 is 23.9 Å². The van der Waals surface area contributed by atoms with E-state index in [-0.39, 0.29) is 32.1 Å².